The fraction of sp³-hybridized carbons (Fsp3) is 0.524. The summed E-state index contributed by atoms with van der Waals surface area (Å²) in [5.41, 5.74) is 4.84. The maximum Gasteiger partial charge on any atom is 0.118 e. The number of aliphatic hydroxyl groups is 1. The van der Waals surface area contributed by atoms with Crippen molar-refractivity contribution in [2.75, 3.05) is 0 Å². The van der Waals surface area contributed by atoms with Crippen LogP contribution in [-0.2, 0) is 5.41 Å². The molecule has 2 N–H and O–H groups in total. The summed E-state index contributed by atoms with van der Waals surface area (Å²) in [5.74, 6) is 1.12. The van der Waals surface area contributed by atoms with Crippen LogP contribution in [0.25, 0.3) is 0 Å². The van der Waals surface area contributed by atoms with Crippen LogP contribution in [0, 0.1) is 12.8 Å². The van der Waals surface area contributed by atoms with Crippen molar-refractivity contribution in [3.63, 3.8) is 0 Å². The first-order chi connectivity index (χ1) is 10.9. The molecule has 0 aliphatic heterocycles. The molecule has 23 heavy (non-hydrogen) atoms. The molecule has 3 rings (SSSR count). The first kappa shape index (κ1) is 16.2. The Hall–Kier alpha value is -1.70. The van der Waals surface area contributed by atoms with Crippen LogP contribution in [0.1, 0.15) is 63.5 Å². The predicted molar refractivity (Wildman–Crippen MR) is 94.8 cm³/mol. The molecule has 1 aromatic rings. The van der Waals surface area contributed by atoms with Crippen LogP contribution in [0.3, 0.4) is 0 Å². The van der Waals surface area contributed by atoms with Crippen LogP contribution in [0.4, 0.5) is 0 Å². The Labute approximate surface area is 139 Å². The number of aliphatic hydroxyl groups excluding tert-OH is 1. The van der Waals surface area contributed by atoms with Crippen molar-refractivity contribution in [2.24, 2.45) is 5.92 Å². The van der Waals surface area contributed by atoms with E-state index in [1.165, 1.54) is 43.2 Å². The highest BCUT2D eigenvalue weighted by atomic mass is 16.3. The van der Waals surface area contributed by atoms with Gasteiger partial charge in [0.2, 0.25) is 0 Å². The van der Waals surface area contributed by atoms with Crippen LogP contribution in [-0.4, -0.2) is 10.2 Å². The number of rotatable bonds is 2. The van der Waals surface area contributed by atoms with E-state index in [0.29, 0.717) is 11.5 Å². The molecule has 0 amide bonds. The summed E-state index contributed by atoms with van der Waals surface area (Å²) in [6.45, 7) is 6.11. The number of phenolic OH excluding ortho intramolecular Hbond substituents is 1. The van der Waals surface area contributed by atoms with Crippen LogP contribution in [0.2, 0.25) is 0 Å². The van der Waals surface area contributed by atoms with Gasteiger partial charge in [0.15, 0.2) is 0 Å². The summed E-state index contributed by atoms with van der Waals surface area (Å²) >= 11 is 0. The topological polar surface area (TPSA) is 40.5 Å². The predicted octanol–water partition coefficient (Wildman–Crippen LogP) is 5.70. The van der Waals surface area contributed by atoms with Gasteiger partial charge in [0.1, 0.15) is 5.75 Å². The molecule has 1 fully saturated rings. The lowest BCUT2D eigenvalue weighted by Crippen LogP contribution is -2.33. The lowest BCUT2D eigenvalue weighted by molar-refractivity contribution is 0.293. The number of aromatic hydroxyl groups is 1. The Balaban J connectivity index is 2.11. The fourth-order valence-electron chi connectivity index (χ4n) is 4.45. The summed E-state index contributed by atoms with van der Waals surface area (Å²) in [6, 6.07) is 6.11. The largest absolute Gasteiger partial charge is 0.512 e. The van der Waals surface area contributed by atoms with Gasteiger partial charge < -0.3 is 10.2 Å². The third-order valence-corrected chi connectivity index (χ3v) is 5.86. The Morgan fingerprint density at radius 2 is 1.74 bits per heavy atom. The lowest BCUT2D eigenvalue weighted by Gasteiger charge is -2.42. The summed E-state index contributed by atoms with van der Waals surface area (Å²) in [7, 11) is 0. The van der Waals surface area contributed by atoms with Gasteiger partial charge in [-0.05, 0) is 55.9 Å². The van der Waals surface area contributed by atoms with E-state index in [0.717, 1.165) is 17.6 Å². The third-order valence-electron chi connectivity index (χ3n) is 5.86. The number of phenols is 1. The summed E-state index contributed by atoms with van der Waals surface area (Å²) in [5, 5.41) is 20.1. The second-order valence-electron chi connectivity index (χ2n) is 7.49. The Morgan fingerprint density at radius 1 is 1.04 bits per heavy atom. The second kappa shape index (κ2) is 6.07. The Kier molecular flexibility index (Phi) is 4.27. The van der Waals surface area contributed by atoms with E-state index < -0.39 is 0 Å². The molecule has 2 nitrogen and oxygen atoms in total. The smallest absolute Gasteiger partial charge is 0.118 e. The van der Waals surface area contributed by atoms with E-state index in [4.69, 9.17) is 0 Å². The first-order valence-corrected chi connectivity index (χ1v) is 8.85. The van der Waals surface area contributed by atoms with Crippen molar-refractivity contribution in [3.8, 4) is 5.75 Å². The molecule has 0 heterocycles. The van der Waals surface area contributed by atoms with E-state index in [9.17, 15) is 10.2 Å². The van der Waals surface area contributed by atoms with Gasteiger partial charge in [0.25, 0.3) is 0 Å². The first-order valence-electron chi connectivity index (χ1n) is 8.85. The molecule has 0 aromatic heterocycles. The van der Waals surface area contributed by atoms with Crippen LogP contribution < -0.4 is 0 Å². The highest BCUT2D eigenvalue weighted by Crippen LogP contribution is 2.49. The molecule has 1 atom stereocenters. The minimum atomic E-state index is 0.0763. The van der Waals surface area contributed by atoms with Gasteiger partial charge in [0.05, 0.1) is 5.76 Å². The van der Waals surface area contributed by atoms with E-state index in [1.807, 2.05) is 19.9 Å². The third kappa shape index (κ3) is 2.80. The van der Waals surface area contributed by atoms with Crippen molar-refractivity contribution in [1.82, 2.24) is 0 Å². The average molecular weight is 312 g/mol. The van der Waals surface area contributed by atoms with Crippen molar-refractivity contribution in [3.05, 3.63) is 52.3 Å². The standard InChI is InChI=1S/C21H28O2/c1-14-11-17(7-8-19(14)22)21(9-5-4-6-10-21)18-12-15(2)20(23)16(3)13-18/h7-8,11-12,16,22-23H,4-6,9-10,13H2,1-3H3. The molecule has 2 aliphatic rings. The molecule has 0 radical (unpaired) electrons. The quantitative estimate of drug-likeness (QED) is 0.735. The molecule has 124 valence electrons. The lowest BCUT2D eigenvalue weighted by atomic mass is 9.62. The second-order valence-corrected chi connectivity index (χ2v) is 7.49. The summed E-state index contributed by atoms with van der Waals surface area (Å²) < 4.78 is 0. The number of allylic oxidation sites excluding steroid dienone is 4. The maximum atomic E-state index is 10.2. The molecule has 1 unspecified atom stereocenters. The fourth-order valence-corrected chi connectivity index (χ4v) is 4.45. The van der Waals surface area contributed by atoms with Gasteiger partial charge in [-0.1, -0.05) is 50.0 Å². The van der Waals surface area contributed by atoms with Gasteiger partial charge in [-0.2, -0.15) is 0 Å². The van der Waals surface area contributed by atoms with Gasteiger partial charge in [-0.15, -0.1) is 0 Å². The molecule has 0 bridgehead atoms. The zero-order chi connectivity index (χ0) is 16.6. The summed E-state index contributed by atoms with van der Waals surface area (Å²) in [6.07, 6.45) is 9.31. The van der Waals surface area contributed by atoms with Crippen molar-refractivity contribution in [2.45, 2.75) is 64.7 Å². The van der Waals surface area contributed by atoms with E-state index in [-0.39, 0.29) is 11.3 Å². The molecular formula is C21H28O2. The highest BCUT2D eigenvalue weighted by Gasteiger charge is 2.39. The zero-order valence-corrected chi connectivity index (χ0v) is 14.5. The molecule has 0 saturated heterocycles. The van der Waals surface area contributed by atoms with Crippen molar-refractivity contribution < 1.29 is 10.2 Å². The van der Waals surface area contributed by atoms with E-state index >= 15 is 0 Å². The Morgan fingerprint density at radius 3 is 2.35 bits per heavy atom. The number of aryl methyl sites for hydroxylation is 1. The molecule has 2 aliphatic carbocycles. The van der Waals surface area contributed by atoms with Crippen LogP contribution in [0.15, 0.2) is 41.2 Å². The average Bonchev–Trinajstić information content (AvgIpc) is 2.55. The van der Waals surface area contributed by atoms with E-state index in [2.05, 4.69) is 25.1 Å². The number of hydrogen-bond donors (Lipinski definition) is 2. The van der Waals surface area contributed by atoms with Gasteiger partial charge >= 0.3 is 0 Å². The molecule has 1 aromatic carbocycles. The normalized spacial score (nSPS) is 24.5. The van der Waals surface area contributed by atoms with Gasteiger partial charge in [-0.25, -0.2) is 0 Å². The van der Waals surface area contributed by atoms with Crippen molar-refractivity contribution >= 4 is 0 Å². The van der Waals surface area contributed by atoms with Crippen molar-refractivity contribution in [1.29, 1.82) is 0 Å². The molecule has 2 heteroatoms. The highest BCUT2D eigenvalue weighted by molar-refractivity contribution is 5.47. The monoisotopic (exact) mass is 312 g/mol. The van der Waals surface area contributed by atoms with Crippen LogP contribution in [0.5, 0.6) is 5.75 Å². The van der Waals surface area contributed by atoms with Gasteiger partial charge in [-0.3, -0.25) is 0 Å². The molecule has 0 spiro atoms. The minimum Gasteiger partial charge on any atom is -0.512 e. The SMILES string of the molecule is CC1=C(O)C(C)CC(C2(c3ccc(O)c(C)c3)CCCCC2)=C1. The molecular weight excluding hydrogens is 284 g/mol. The van der Waals surface area contributed by atoms with Gasteiger partial charge in [0, 0.05) is 11.3 Å². The van der Waals surface area contributed by atoms with Crippen LogP contribution >= 0.6 is 0 Å². The zero-order valence-electron chi connectivity index (χ0n) is 14.5. The Bertz CT molecular complexity index is 660. The number of hydrogen-bond acceptors (Lipinski definition) is 2. The number of benzene rings is 1. The summed E-state index contributed by atoms with van der Waals surface area (Å²) in [4.78, 5) is 0. The minimum absolute atomic E-state index is 0.0763. The van der Waals surface area contributed by atoms with E-state index in [1.54, 1.807) is 0 Å². The maximum absolute atomic E-state index is 10.2. The molecule has 1 saturated carbocycles.